The first-order chi connectivity index (χ1) is 6.79. The molecule has 1 aromatic carbocycles. The van der Waals surface area contributed by atoms with Crippen LogP contribution in [-0.4, -0.2) is 9.13 Å². The van der Waals surface area contributed by atoms with Gasteiger partial charge in [-0.25, -0.2) is 0 Å². The first-order valence-electron chi connectivity index (χ1n) is 4.09. The van der Waals surface area contributed by atoms with Gasteiger partial charge in [-0.1, -0.05) is 12.1 Å². The van der Waals surface area contributed by atoms with Gasteiger partial charge < -0.3 is 9.13 Å². The van der Waals surface area contributed by atoms with Crippen LogP contribution >= 0.6 is 35.4 Å². The molecule has 0 aliphatic carbocycles. The Morgan fingerprint density at radius 2 is 1.43 bits per heavy atom. The summed E-state index contributed by atoms with van der Waals surface area (Å²) in [7, 11) is 0. The van der Waals surface area contributed by atoms with Gasteiger partial charge in [0.2, 0.25) is 0 Å². The van der Waals surface area contributed by atoms with Gasteiger partial charge >= 0.3 is 0 Å². The molecule has 0 N–H and O–H groups in total. The van der Waals surface area contributed by atoms with Crippen LogP contribution in [-0.2, 0) is 12.0 Å². The van der Waals surface area contributed by atoms with Gasteiger partial charge in [0.25, 0.3) is 0 Å². The second kappa shape index (κ2) is 3.93. The van der Waals surface area contributed by atoms with Gasteiger partial charge in [0.1, 0.15) is 0 Å². The highest BCUT2D eigenvalue weighted by Gasteiger charge is 2.07. The van der Waals surface area contributed by atoms with E-state index in [0.717, 1.165) is 11.0 Å². The standard InChI is InChI=1S/C9H8Cl2N2S/c10-5-12-7-3-1-2-4-8(7)13(6-11)9(12)14/h1-4H,5-6H2. The molecule has 2 aromatic rings. The minimum atomic E-state index is 0.350. The van der Waals surface area contributed by atoms with Crippen LogP contribution in [0.5, 0.6) is 0 Å². The van der Waals surface area contributed by atoms with Crippen LogP contribution < -0.4 is 0 Å². The lowest BCUT2D eigenvalue weighted by Crippen LogP contribution is -1.95. The highest BCUT2D eigenvalue weighted by Crippen LogP contribution is 2.18. The number of rotatable bonds is 2. The zero-order chi connectivity index (χ0) is 10.1. The van der Waals surface area contributed by atoms with Crippen molar-refractivity contribution in [3.05, 3.63) is 29.0 Å². The van der Waals surface area contributed by atoms with Crippen molar-refractivity contribution in [2.75, 3.05) is 0 Å². The van der Waals surface area contributed by atoms with Crippen molar-refractivity contribution in [2.45, 2.75) is 12.0 Å². The number of halogens is 2. The minimum absolute atomic E-state index is 0.350. The smallest absolute Gasteiger partial charge is 0.182 e. The van der Waals surface area contributed by atoms with Gasteiger partial charge in [0.05, 0.1) is 23.0 Å². The maximum absolute atomic E-state index is 5.82. The highest BCUT2D eigenvalue weighted by atomic mass is 35.5. The van der Waals surface area contributed by atoms with Crippen LogP contribution in [0.4, 0.5) is 0 Å². The fraction of sp³-hybridized carbons (Fsp3) is 0.222. The molecule has 0 atom stereocenters. The van der Waals surface area contributed by atoms with E-state index in [1.54, 1.807) is 0 Å². The zero-order valence-electron chi connectivity index (χ0n) is 7.28. The molecule has 0 bridgehead atoms. The lowest BCUT2D eigenvalue weighted by molar-refractivity contribution is 0.804. The number of alkyl halides is 2. The van der Waals surface area contributed by atoms with Crippen molar-refractivity contribution in [3.63, 3.8) is 0 Å². The Balaban J connectivity index is 2.92. The maximum Gasteiger partial charge on any atom is 0.182 e. The number of fused-ring (bicyclic) bond motifs is 1. The van der Waals surface area contributed by atoms with Crippen molar-refractivity contribution in [1.29, 1.82) is 0 Å². The second-order valence-corrected chi connectivity index (χ2v) is 3.71. The van der Waals surface area contributed by atoms with Crippen molar-refractivity contribution in [3.8, 4) is 0 Å². The van der Waals surface area contributed by atoms with Gasteiger partial charge in [-0.15, -0.1) is 23.2 Å². The summed E-state index contributed by atoms with van der Waals surface area (Å²) >= 11 is 16.9. The SMILES string of the molecule is S=c1n(CCl)c2ccccc2n1CCl. The normalized spacial score (nSPS) is 11.0. The molecule has 0 spiro atoms. The summed E-state index contributed by atoms with van der Waals surface area (Å²) in [5.74, 6) is 0. The van der Waals surface area contributed by atoms with Gasteiger partial charge in [-0.2, -0.15) is 0 Å². The van der Waals surface area contributed by atoms with Crippen molar-refractivity contribution in [2.24, 2.45) is 0 Å². The molecule has 0 saturated heterocycles. The van der Waals surface area contributed by atoms with Gasteiger partial charge in [-0.05, 0) is 24.4 Å². The van der Waals surface area contributed by atoms with E-state index in [9.17, 15) is 0 Å². The Morgan fingerprint density at radius 3 is 1.79 bits per heavy atom. The third kappa shape index (κ3) is 1.36. The average molecular weight is 247 g/mol. The average Bonchev–Trinajstić information content (AvgIpc) is 2.49. The fourth-order valence-electron chi connectivity index (χ4n) is 1.50. The lowest BCUT2D eigenvalue weighted by atomic mass is 10.3. The van der Waals surface area contributed by atoms with Crippen LogP contribution in [0.3, 0.4) is 0 Å². The molecule has 0 aliphatic heterocycles. The number of nitrogens with zero attached hydrogens (tertiary/aromatic N) is 2. The summed E-state index contributed by atoms with van der Waals surface area (Å²) in [5, 5.41) is 0. The van der Waals surface area contributed by atoms with E-state index in [1.807, 2.05) is 33.4 Å². The summed E-state index contributed by atoms with van der Waals surface area (Å²) in [6, 6.07) is 8.58. The Morgan fingerprint density at radius 1 is 1.00 bits per heavy atom. The molecular weight excluding hydrogens is 239 g/mol. The Labute approximate surface area is 96.7 Å². The van der Waals surface area contributed by atoms with E-state index < -0.39 is 0 Å². The molecule has 0 saturated carbocycles. The first-order valence-corrected chi connectivity index (χ1v) is 5.57. The summed E-state index contributed by atoms with van der Waals surface area (Å²) < 4.78 is 4.37. The lowest BCUT2D eigenvalue weighted by Gasteiger charge is -1.95. The van der Waals surface area contributed by atoms with E-state index in [0.29, 0.717) is 16.8 Å². The van der Waals surface area contributed by atoms with Gasteiger partial charge in [-0.3, -0.25) is 0 Å². The molecular formula is C9H8Cl2N2S. The van der Waals surface area contributed by atoms with Crippen LogP contribution in [0.15, 0.2) is 24.3 Å². The number of benzene rings is 1. The zero-order valence-corrected chi connectivity index (χ0v) is 9.61. The molecule has 0 radical (unpaired) electrons. The molecule has 2 nitrogen and oxygen atoms in total. The van der Waals surface area contributed by atoms with E-state index in [-0.39, 0.29) is 0 Å². The molecule has 1 heterocycles. The van der Waals surface area contributed by atoms with E-state index in [4.69, 9.17) is 35.4 Å². The topological polar surface area (TPSA) is 9.86 Å². The first kappa shape index (κ1) is 10.0. The summed E-state index contributed by atoms with van der Waals surface area (Å²) in [6.45, 7) is 0. The number of para-hydroxylation sites is 2. The summed E-state index contributed by atoms with van der Waals surface area (Å²) in [4.78, 5) is 0. The Bertz CT molecular complexity index is 471. The molecule has 2 rings (SSSR count). The predicted octanol–water partition coefficient (Wildman–Crippen LogP) is 3.56. The minimum Gasteiger partial charge on any atom is -0.302 e. The molecule has 74 valence electrons. The quantitative estimate of drug-likeness (QED) is 0.582. The maximum atomic E-state index is 5.82. The number of aromatic nitrogens is 2. The van der Waals surface area contributed by atoms with Crippen LogP contribution in [0.25, 0.3) is 11.0 Å². The molecule has 14 heavy (non-hydrogen) atoms. The van der Waals surface area contributed by atoms with Crippen molar-refractivity contribution < 1.29 is 0 Å². The third-order valence-electron chi connectivity index (χ3n) is 2.16. The van der Waals surface area contributed by atoms with E-state index in [2.05, 4.69) is 0 Å². The van der Waals surface area contributed by atoms with Gasteiger partial charge in [0.15, 0.2) is 4.77 Å². The van der Waals surface area contributed by atoms with Crippen LogP contribution in [0.2, 0.25) is 0 Å². The molecule has 0 amide bonds. The van der Waals surface area contributed by atoms with Crippen LogP contribution in [0, 0.1) is 4.77 Å². The van der Waals surface area contributed by atoms with E-state index >= 15 is 0 Å². The predicted molar refractivity (Wildman–Crippen MR) is 62.5 cm³/mol. The van der Waals surface area contributed by atoms with Crippen molar-refractivity contribution in [1.82, 2.24) is 9.13 Å². The molecule has 1 aromatic heterocycles. The number of hydrogen-bond acceptors (Lipinski definition) is 1. The summed E-state index contributed by atoms with van der Waals surface area (Å²) in [6.07, 6.45) is 0. The fourth-order valence-corrected chi connectivity index (χ4v) is 2.45. The largest absolute Gasteiger partial charge is 0.302 e. The molecule has 0 unspecified atom stereocenters. The van der Waals surface area contributed by atoms with Crippen LogP contribution in [0.1, 0.15) is 0 Å². The van der Waals surface area contributed by atoms with Crippen molar-refractivity contribution >= 4 is 46.5 Å². The van der Waals surface area contributed by atoms with E-state index in [1.165, 1.54) is 0 Å². The number of imidazole rings is 1. The Hall–Kier alpha value is -0.510. The highest BCUT2D eigenvalue weighted by molar-refractivity contribution is 7.71. The number of hydrogen-bond donors (Lipinski definition) is 0. The molecule has 0 fully saturated rings. The van der Waals surface area contributed by atoms with Gasteiger partial charge in [0, 0.05) is 0 Å². The third-order valence-corrected chi connectivity index (χ3v) is 3.08. The molecule has 5 heteroatoms. The summed E-state index contributed by atoms with van der Waals surface area (Å²) in [5.41, 5.74) is 2.04. The Kier molecular flexibility index (Phi) is 2.81. The second-order valence-electron chi connectivity index (χ2n) is 2.87. The monoisotopic (exact) mass is 246 g/mol. The molecule has 0 aliphatic rings.